The van der Waals surface area contributed by atoms with Crippen molar-refractivity contribution in [3.8, 4) is 11.5 Å². The van der Waals surface area contributed by atoms with E-state index >= 15 is 0 Å². The highest BCUT2D eigenvalue weighted by Crippen LogP contribution is 2.39. The van der Waals surface area contributed by atoms with Crippen LogP contribution in [0.1, 0.15) is 11.6 Å². The van der Waals surface area contributed by atoms with E-state index in [1.807, 2.05) is 0 Å². The maximum absolute atomic E-state index is 14.3. The molecule has 2 N–H and O–H groups in total. The fraction of sp³-hybridized carbons (Fsp3) is 0.600. The highest BCUT2D eigenvalue weighted by Gasteiger charge is 2.44. The fourth-order valence-corrected chi connectivity index (χ4v) is 2.77. The summed E-state index contributed by atoms with van der Waals surface area (Å²) in [5.41, 5.74) is 0.401. The summed E-state index contributed by atoms with van der Waals surface area (Å²) in [5.74, 6) is -2.36. The maximum Gasteiger partial charge on any atom is 0.289 e. The van der Waals surface area contributed by atoms with Gasteiger partial charge in [0.2, 0.25) is 0 Å². The van der Waals surface area contributed by atoms with Gasteiger partial charge in [-0.3, -0.25) is 4.90 Å². The minimum atomic E-state index is -3.24. The van der Waals surface area contributed by atoms with Gasteiger partial charge in [-0.2, -0.15) is 0 Å². The zero-order valence-electron chi connectivity index (χ0n) is 13.2. The molecule has 132 valence electrons. The fourth-order valence-electron chi connectivity index (χ4n) is 2.77. The predicted octanol–water partition coefficient (Wildman–Crippen LogP) is 1.70. The number of piperazine rings is 1. The van der Waals surface area contributed by atoms with Crippen molar-refractivity contribution in [2.75, 3.05) is 47.0 Å². The Kier molecular flexibility index (Phi) is 7.47. The van der Waals surface area contributed by atoms with Crippen molar-refractivity contribution < 1.29 is 23.4 Å². The van der Waals surface area contributed by atoms with Gasteiger partial charge in [-0.1, -0.05) is 6.07 Å². The molecule has 1 atom stereocenters. The molecule has 8 heteroatoms. The third-order valence-corrected chi connectivity index (χ3v) is 3.85. The number of nitrogens with zero attached hydrogens (tertiary/aromatic N) is 1. The first-order valence-electron chi connectivity index (χ1n) is 7.19. The molecule has 0 aromatic heterocycles. The first kappa shape index (κ1) is 19.9. The van der Waals surface area contributed by atoms with Crippen LogP contribution in [0, 0.1) is 0 Å². The Morgan fingerprint density at radius 1 is 1.22 bits per heavy atom. The van der Waals surface area contributed by atoms with Crippen LogP contribution in [0.25, 0.3) is 0 Å². The van der Waals surface area contributed by atoms with E-state index in [9.17, 15) is 8.78 Å². The molecule has 1 aromatic rings. The molecule has 1 aliphatic heterocycles. The molecule has 1 aliphatic rings. The lowest BCUT2D eigenvalue weighted by molar-refractivity contribution is -0.118. The Hall–Kier alpha value is -1.15. The molecule has 0 saturated carbocycles. The number of ether oxygens (including phenoxy) is 2. The number of alkyl halides is 2. The van der Waals surface area contributed by atoms with Gasteiger partial charge in [-0.25, -0.2) is 8.78 Å². The van der Waals surface area contributed by atoms with E-state index < -0.39 is 18.6 Å². The van der Waals surface area contributed by atoms with Crippen LogP contribution in [-0.2, 0) is 0 Å². The smallest absolute Gasteiger partial charge is 0.289 e. The van der Waals surface area contributed by atoms with Crippen LogP contribution in [0.5, 0.6) is 11.5 Å². The lowest BCUT2D eigenvalue weighted by atomic mass is 9.97. The van der Waals surface area contributed by atoms with Crippen LogP contribution in [0.3, 0.4) is 0 Å². The third-order valence-electron chi connectivity index (χ3n) is 3.85. The van der Waals surface area contributed by atoms with Gasteiger partial charge in [0.1, 0.15) is 12.6 Å². The van der Waals surface area contributed by atoms with E-state index in [0.29, 0.717) is 43.2 Å². The van der Waals surface area contributed by atoms with Crippen molar-refractivity contribution in [1.29, 1.82) is 0 Å². The zero-order chi connectivity index (χ0) is 16.2. The van der Waals surface area contributed by atoms with Crippen LogP contribution >= 0.6 is 12.4 Å². The molecule has 0 aliphatic carbocycles. The molecular weight excluding hydrogens is 330 g/mol. The maximum atomic E-state index is 14.3. The predicted molar refractivity (Wildman–Crippen MR) is 86.0 cm³/mol. The third kappa shape index (κ3) is 4.44. The minimum absolute atomic E-state index is 0. The number of hydrogen-bond acceptors (Lipinski definition) is 5. The van der Waals surface area contributed by atoms with Gasteiger partial charge in [0, 0.05) is 26.2 Å². The molecule has 1 heterocycles. The number of methoxy groups -OCH3 is 2. The summed E-state index contributed by atoms with van der Waals surface area (Å²) in [7, 11) is 2.96. The summed E-state index contributed by atoms with van der Waals surface area (Å²) >= 11 is 0. The Bertz CT molecular complexity index is 500. The van der Waals surface area contributed by atoms with Crippen molar-refractivity contribution in [1.82, 2.24) is 10.2 Å². The van der Waals surface area contributed by atoms with E-state index in [4.69, 9.17) is 14.6 Å². The van der Waals surface area contributed by atoms with Crippen LogP contribution < -0.4 is 14.8 Å². The lowest BCUT2D eigenvalue weighted by Gasteiger charge is -2.38. The molecule has 0 bridgehead atoms. The van der Waals surface area contributed by atoms with Gasteiger partial charge in [0.05, 0.1) is 14.2 Å². The average molecular weight is 353 g/mol. The van der Waals surface area contributed by atoms with Crippen LogP contribution in [-0.4, -0.2) is 62.9 Å². The Balaban J connectivity index is 0.00000264. The van der Waals surface area contributed by atoms with Crippen LogP contribution in [0.4, 0.5) is 8.78 Å². The number of hydrogen-bond donors (Lipinski definition) is 2. The van der Waals surface area contributed by atoms with E-state index in [0.717, 1.165) is 0 Å². The molecular formula is C15H23ClF2N2O3. The van der Waals surface area contributed by atoms with E-state index in [2.05, 4.69) is 5.32 Å². The zero-order valence-corrected chi connectivity index (χ0v) is 14.0. The highest BCUT2D eigenvalue weighted by molar-refractivity contribution is 5.85. The van der Waals surface area contributed by atoms with Crippen molar-refractivity contribution in [3.63, 3.8) is 0 Å². The molecule has 0 unspecified atom stereocenters. The van der Waals surface area contributed by atoms with Gasteiger partial charge in [-0.15, -0.1) is 12.4 Å². The van der Waals surface area contributed by atoms with Gasteiger partial charge in [0.25, 0.3) is 5.92 Å². The second-order valence-electron chi connectivity index (χ2n) is 5.22. The monoisotopic (exact) mass is 352 g/mol. The van der Waals surface area contributed by atoms with Crippen molar-refractivity contribution in [2.45, 2.75) is 12.0 Å². The molecule has 2 rings (SSSR count). The Morgan fingerprint density at radius 3 is 2.35 bits per heavy atom. The summed E-state index contributed by atoms with van der Waals surface area (Å²) in [6, 6.07) is 3.56. The largest absolute Gasteiger partial charge is 0.493 e. The molecule has 1 saturated heterocycles. The Labute approximate surface area is 141 Å². The number of aliphatic hydroxyl groups is 1. The van der Waals surface area contributed by atoms with Crippen molar-refractivity contribution in [3.05, 3.63) is 23.8 Å². The summed E-state index contributed by atoms with van der Waals surface area (Å²) in [6.07, 6.45) is 0. The number of nitrogens with one attached hydrogen (secondary N) is 1. The minimum Gasteiger partial charge on any atom is -0.493 e. The number of aliphatic hydroxyl groups excluding tert-OH is 1. The van der Waals surface area contributed by atoms with Crippen molar-refractivity contribution in [2.24, 2.45) is 0 Å². The standard InChI is InChI=1S/C15H22F2N2O3.ClH/c1-21-12-4-3-11(9-13(12)22-2)14(15(16,17)10-20)19-7-5-18-6-8-19;/h3-4,9,14,18,20H,5-8,10H2,1-2H3;1H/t14-;/m1./s1. The number of benzene rings is 1. The molecule has 0 radical (unpaired) electrons. The number of rotatable bonds is 6. The van der Waals surface area contributed by atoms with Gasteiger partial charge in [-0.05, 0) is 17.7 Å². The Morgan fingerprint density at radius 2 is 1.83 bits per heavy atom. The summed E-state index contributed by atoms with van der Waals surface area (Å²) in [6.45, 7) is 1.08. The van der Waals surface area contributed by atoms with Crippen molar-refractivity contribution >= 4 is 12.4 Å². The average Bonchev–Trinajstić information content (AvgIpc) is 2.55. The van der Waals surface area contributed by atoms with Gasteiger partial charge in [0.15, 0.2) is 11.5 Å². The highest BCUT2D eigenvalue weighted by atomic mass is 35.5. The molecule has 5 nitrogen and oxygen atoms in total. The summed E-state index contributed by atoms with van der Waals surface area (Å²) in [5, 5.41) is 12.3. The molecule has 23 heavy (non-hydrogen) atoms. The second-order valence-corrected chi connectivity index (χ2v) is 5.22. The second kappa shape index (κ2) is 8.63. The normalized spacial score (nSPS) is 17.3. The van der Waals surface area contributed by atoms with Crippen LogP contribution in [0.15, 0.2) is 18.2 Å². The molecule has 0 spiro atoms. The van der Waals surface area contributed by atoms with E-state index in [1.165, 1.54) is 14.2 Å². The van der Waals surface area contributed by atoms with E-state index in [1.54, 1.807) is 23.1 Å². The van der Waals surface area contributed by atoms with E-state index in [-0.39, 0.29) is 12.4 Å². The summed E-state index contributed by atoms with van der Waals surface area (Å²) < 4.78 is 39.0. The topological polar surface area (TPSA) is 54.0 Å². The van der Waals surface area contributed by atoms with Gasteiger partial charge >= 0.3 is 0 Å². The number of halogens is 3. The first-order valence-corrected chi connectivity index (χ1v) is 7.19. The lowest BCUT2D eigenvalue weighted by Crippen LogP contribution is -2.51. The first-order chi connectivity index (χ1) is 10.5. The van der Waals surface area contributed by atoms with Crippen LogP contribution in [0.2, 0.25) is 0 Å². The summed E-state index contributed by atoms with van der Waals surface area (Å²) in [4.78, 5) is 1.69. The molecule has 0 amide bonds. The van der Waals surface area contributed by atoms with Gasteiger partial charge < -0.3 is 19.9 Å². The SMILES string of the molecule is COc1ccc([C@@H](N2CCNCC2)C(F)(F)CO)cc1OC.Cl. The molecule has 1 fully saturated rings. The molecule has 1 aromatic carbocycles. The quantitative estimate of drug-likeness (QED) is 0.816.